The number of carbonyl (C=O) groups excluding carboxylic acids is 2. The number of carbonyl (C=O) groups is 2. The highest BCUT2D eigenvalue weighted by molar-refractivity contribution is 7.99. The lowest BCUT2D eigenvalue weighted by Crippen LogP contribution is -2.12. The fourth-order valence-electron chi connectivity index (χ4n) is 1.12. The van der Waals surface area contributed by atoms with Crippen molar-refractivity contribution in [3.63, 3.8) is 0 Å². The number of Topliss-reactive ketones (excluding diaryl/α,β-unsaturated/α-hetero) is 1. The predicted octanol–water partition coefficient (Wildman–Crippen LogP) is 2.21. The number of thioether (sulfide) groups is 1. The zero-order valence-electron chi connectivity index (χ0n) is 9.70. The molecule has 86 valence electrons. The van der Waals surface area contributed by atoms with Crippen LogP contribution in [0.3, 0.4) is 0 Å². The Morgan fingerprint density at radius 1 is 1.47 bits per heavy atom. The quantitative estimate of drug-likeness (QED) is 0.304. The number of hydrogen-bond acceptors (Lipinski definition) is 4. The fraction of sp³-hybridized carbons (Fsp3) is 0.636. The molecule has 0 aliphatic carbocycles. The second kappa shape index (κ2) is 7.51. The molecule has 0 heterocycles. The van der Waals surface area contributed by atoms with Gasteiger partial charge in [-0.1, -0.05) is 19.9 Å². The molecule has 15 heavy (non-hydrogen) atoms. The zero-order valence-corrected chi connectivity index (χ0v) is 10.5. The zero-order chi connectivity index (χ0) is 11.8. The van der Waals surface area contributed by atoms with E-state index in [1.807, 2.05) is 0 Å². The molecule has 0 aromatic carbocycles. The van der Waals surface area contributed by atoms with Gasteiger partial charge < -0.3 is 4.74 Å². The van der Waals surface area contributed by atoms with E-state index in [1.165, 1.54) is 14.0 Å². The topological polar surface area (TPSA) is 43.4 Å². The lowest BCUT2D eigenvalue weighted by atomic mass is 10.1. The van der Waals surface area contributed by atoms with Crippen LogP contribution in [0.2, 0.25) is 0 Å². The highest BCUT2D eigenvalue weighted by atomic mass is 32.2. The Morgan fingerprint density at radius 3 is 2.47 bits per heavy atom. The van der Waals surface area contributed by atoms with Crippen LogP contribution in [-0.2, 0) is 14.3 Å². The van der Waals surface area contributed by atoms with Crippen molar-refractivity contribution in [1.29, 1.82) is 0 Å². The van der Waals surface area contributed by atoms with Gasteiger partial charge in [-0.2, -0.15) is 11.8 Å². The summed E-state index contributed by atoms with van der Waals surface area (Å²) >= 11 is 1.80. The smallest absolute Gasteiger partial charge is 0.341 e. The summed E-state index contributed by atoms with van der Waals surface area (Å²) in [6.07, 6.45) is 2.38. The Labute approximate surface area is 95.3 Å². The number of ketones is 1. The van der Waals surface area contributed by atoms with Gasteiger partial charge in [-0.05, 0) is 19.1 Å². The second-order valence-electron chi connectivity index (χ2n) is 3.17. The Balaban J connectivity index is 4.43. The molecule has 0 spiro atoms. The van der Waals surface area contributed by atoms with Crippen molar-refractivity contribution in [2.45, 2.75) is 32.4 Å². The molecule has 0 N–H and O–H groups in total. The van der Waals surface area contributed by atoms with Crippen LogP contribution < -0.4 is 0 Å². The van der Waals surface area contributed by atoms with Gasteiger partial charge in [0.25, 0.3) is 0 Å². The molecule has 0 aliphatic rings. The van der Waals surface area contributed by atoms with E-state index in [4.69, 9.17) is 0 Å². The van der Waals surface area contributed by atoms with E-state index in [1.54, 1.807) is 17.8 Å². The number of hydrogen-bond donors (Lipinski definition) is 0. The molecule has 1 atom stereocenters. The van der Waals surface area contributed by atoms with Gasteiger partial charge in [-0.15, -0.1) is 0 Å². The summed E-state index contributed by atoms with van der Waals surface area (Å²) in [4.78, 5) is 22.3. The van der Waals surface area contributed by atoms with Gasteiger partial charge in [-0.25, -0.2) is 4.79 Å². The third kappa shape index (κ3) is 5.62. The third-order valence-corrected chi connectivity index (χ3v) is 2.98. The second-order valence-corrected chi connectivity index (χ2v) is 4.88. The number of allylic oxidation sites excluding steroid dienone is 1. The minimum absolute atomic E-state index is 0.154. The summed E-state index contributed by atoms with van der Waals surface area (Å²) < 4.78 is 4.53. The number of methoxy groups -OCH3 is 1. The Hall–Kier alpha value is -0.770. The standard InChI is InChI=1S/C11H18O3S/c1-5-15-8(2)6-7-10(9(3)12)11(13)14-4/h7-8H,5-6H2,1-4H3. The third-order valence-electron chi connectivity index (χ3n) is 1.89. The summed E-state index contributed by atoms with van der Waals surface area (Å²) in [6, 6.07) is 0. The van der Waals surface area contributed by atoms with Crippen LogP contribution in [0.1, 0.15) is 27.2 Å². The summed E-state index contributed by atoms with van der Waals surface area (Å²) in [7, 11) is 1.28. The minimum atomic E-state index is -0.545. The molecular formula is C11H18O3S. The van der Waals surface area contributed by atoms with Gasteiger partial charge >= 0.3 is 5.97 Å². The highest BCUT2D eigenvalue weighted by Crippen LogP contribution is 2.15. The SMILES string of the molecule is CCSC(C)CC=C(C(C)=O)C(=O)OC. The highest BCUT2D eigenvalue weighted by Gasteiger charge is 2.14. The molecule has 0 aromatic rings. The number of rotatable bonds is 6. The molecule has 0 aromatic heterocycles. The first-order valence-electron chi connectivity index (χ1n) is 4.93. The number of esters is 1. The van der Waals surface area contributed by atoms with Crippen LogP contribution in [0.4, 0.5) is 0 Å². The minimum Gasteiger partial charge on any atom is -0.465 e. The molecule has 0 saturated heterocycles. The van der Waals surface area contributed by atoms with Gasteiger partial charge in [0.05, 0.1) is 12.7 Å². The van der Waals surface area contributed by atoms with Crippen molar-refractivity contribution < 1.29 is 14.3 Å². The van der Waals surface area contributed by atoms with Gasteiger partial charge in [0.1, 0.15) is 0 Å². The van der Waals surface area contributed by atoms with E-state index in [-0.39, 0.29) is 11.4 Å². The molecule has 0 aliphatic heterocycles. The van der Waals surface area contributed by atoms with Gasteiger partial charge in [0.2, 0.25) is 0 Å². The van der Waals surface area contributed by atoms with Crippen LogP contribution >= 0.6 is 11.8 Å². The molecule has 0 bridgehead atoms. The lowest BCUT2D eigenvalue weighted by molar-refractivity contribution is -0.137. The van der Waals surface area contributed by atoms with Crippen LogP contribution in [0.5, 0.6) is 0 Å². The summed E-state index contributed by atoms with van der Waals surface area (Å²) in [6.45, 7) is 5.52. The first-order valence-corrected chi connectivity index (χ1v) is 5.98. The molecule has 0 saturated carbocycles. The van der Waals surface area contributed by atoms with E-state index in [2.05, 4.69) is 18.6 Å². The maximum atomic E-state index is 11.2. The molecule has 0 radical (unpaired) electrons. The fourth-order valence-corrected chi connectivity index (χ4v) is 1.92. The maximum absolute atomic E-state index is 11.2. The van der Waals surface area contributed by atoms with Crippen molar-refractivity contribution in [1.82, 2.24) is 0 Å². The van der Waals surface area contributed by atoms with Crippen LogP contribution in [0.15, 0.2) is 11.6 Å². The molecule has 4 heteroatoms. The van der Waals surface area contributed by atoms with Crippen molar-refractivity contribution in [3.8, 4) is 0 Å². The predicted molar refractivity (Wildman–Crippen MR) is 63.0 cm³/mol. The van der Waals surface area contributed by atoms with E-state index >= 15 is 0 Å². The summed E-state index contributed by atoms with van der Waals surface area (Å²) in [5.41, 5.74) is 0.154. The van der Waals surface area contributed by atoms with Crippen LogP contribution in [-0.4, -0.2) is 29.9 Å². The Kier molecular flexibility index (Phi) is 7.13. The van der Waals surface area contributed by atoms with Gasteiger partial charge in [-0.3, -0.25) is 4.79 Å². The molecule has 3 nitrogen and oxygen atoms in total. The maximum Gasteiger partial charge on any atom is 0.341 e. The van der Waals surface area contributed by atoms with E-state index in [0.717, 1.165) is 5.75 Å². The Morgan fingerprint density at radius 2 is 2.07 bits per heavy atom. The largest absolute Gasteiger partial charge is 0.465 e. The van der Waals surface area contributed by atoms with Gasteiger partial charge in [0.15, 0.2) is 5.78 Å². The number of ether oxygens (including phenoxy) is 1. The first-order chi connectivity index (χ1) is 7.02. The molecule has 0 rings (SSSR count). The monoisotopic (exact) mass is 230 g/mol. The van der Waals surface area contributed by atoms with E-state index < -0.39 is 5.97 Å². The van der Waals surface area contributed by atoms with Crippen molar-refractivity contribution >= 4 is 23.5 Å². The van der Waals surface area contributed by atoms with Crippen LogP contribution in [0, 0.1) is 0 Å². The van der Waals surface area contributed by atoms with Crippen molar-refractivity contribution in [2.75, 3.05) is 12.9 Å². The van der Waals surface area contributed by atoms with Crippen molar-refractivity contribution in [3.05, 3.63) is 11.6 Å². The van der Waals surface area contributed by atoms with E-state index in [9.17, 15) is 9.59 Å². The van der Waals surface area contributed by atoms with Crippen LogP contribution in [0.25, 0.3) is 0 Å². The molecular weight excluding hydrogens is 212 g/mol. The summed E-state index contributed by atoms with van der Waals surface area (Å²) in [5, 5.41) is 0.411. The van der Waals surface area contributed by atoms with Gasteiger partial charge in [0, 0.05) is 5.25 Å². The Bertz CT molecular complexity index is 259. The van der Waals surface area contributed by atoms with E-state index in [0.29, 0.717) is 11.7 Å². The average molecular weight is 230 g/mol. The molecule has 0 fully saturated rings. The summed E-state index contributed by atoms with van der Waals surface area (Å²) in [5.74, 6) is 0.245. The molecule has 0 amide bonds. The molecule has 1 unspecified atom stereocenters. The first kappa shape index (κ1) is 14.2. The lowest BCUT2D eigenvalue weighted by Gasteiger charge is -2.07. The normalized spacial score (nSPS) is 13.5. The average Bonchev–Trinajstić information content (AvgIpc) is 2.17. The van der Waals surface area contributed by atoms with Crippen molar-refractivity contribution in [2.24, 2.45) is 0 Å².